The van der Waals surface area contributed by atoms with Crippen molar-refractivity contribution in [1.82, 2.24) is 19.9 Å². The van der Waals surface area contributed by atoms with E-state index in [4.69, 9.17) is 0 Å². The van der Waals surface area contributed by atoms with Gasteiger partial charge < -0.3 is 14.8 Å². The molecule has 0 aromatic carbocycles. The Kier molecular flexibility index (Phi) is 2.70. The van der Waals surface area contributed by atoms with E-state index in [1.54, 1.807) is 0 Å². The first-order valence-electron chi connectivity index (χ1n) is 7.47. The number of aryl methyl sites for hydroxylation is 1. The van der Waals surface area contributed by atoms with Crippen molar-refractivity contribution in [2.24, 2.45) is 7.05 Å². The molecule has 4 heterocycles. The van der Waals surface area contributed by atoms with Gasteiger partial charge in [0.15, 0.2) is 5.82 Å². The second kappa shape index (κ2) is 4.45. The third-order valence-electron chi connectivity index (χ3n) is 4.95. The third-order valence-corrected chi connectivity index (χ3v) is 4.95. The summed E-state index contributed by atoms with van der Waals surface area (Å²) in [4.78, 5) is 11.5. The van der Waals surface area contributed by atoms with E-state index in [-0.39, 0.29) is 0 Å². The maximum Gasteiger partial charge on any atom is 0.156 e. The second-order valence-electron chi connectivity index (χ2n) is 6.23. The monoisotopic (exact) mass is 271 g/mol. The number of anilines is 1. The number of imidazole rings is 1. The van der Waals surface area contributed by atoms with Crippen molar-refractivity contribution >= 4 is 16.9 Å². The van der Waals surface area contributed by atoms with E-state index in [0.717, 1.165) is 16.9 Å². The number of hydrogen-bond acceptors (Lipinski definition) is 4. The first kappa shape index (κ1) is 12.1. The van der Waals surface area contributed by atoms with Gasteiger partial charge in [0.25, 0.3) is 0 Å². The molecular weight excluding hydrogens is 250 g/mol. The molecule has 2 aliphatic heterocycles. The third kappa shape index (κ3) is 1.80. The maximum absolute atomic E-state index is 4.60. The summed E-state index contributed by atoms with van der Waals surface area (Å²) in [6, 6.07) is 4.01. The van der Waals surface area contributed by atoms with Gasteiger partial charge in [-0.2, -0.15) is 0 Å². The quantitative estimate of drug-likeness (QED) is 0.903. The highest BCUT2D eigenvalue weighted by Crippen LogP contribution is 2.32. The number of nitrogens with zero attached hydrogens (tertiary/aromatic N) is 4. The molecule has 0 saturated carbocycles. The molecule has 2 aromatic rings. The zero-order valence-corrected chi connectivity index (χ0v) is 12.1. The summed E-state index contributed by atoms with van der Waals surface area (Å²) in [6.07, 6.45) is 8.86. The maximum atomic E-state index is 4.60. The molecule has 2 unspecified atom stereocenters. The summed E-state index contributed by atoms with van der Waals surface area (Å²) in [5, 5.41) is 3.70. The minimum Gasteiger partial charge on any atom is -0.355 e. The van der Waals surface area contributed by atoms with E-state index < -0.39 is 0 Å². The van der Waals surface area contributed by atoms with Crippen LogP contribution in [0.2, 0.25) is 0 Å². The number of pyridine rings is 1. The summed E-state index contributed by atoms with van der Waals surface area (Å²) < 4.78 is 2.06. The molecule has 2 aromatic heterocycles. The van der Waals surface area contributed by atoms with Gasteiger partial charge in [0, 0.05) is 38.4 Å². The smallest absolute Gasteiger partial charge is 0.156 e. The molecule has 2 fully saturated rings. The van der Waals surface area contributed by atoms with Gasteiger partial charge in [0.05, 0.1) is 11.8 Å². The van der Waals surface area contributed by atoms with Gasteiger partial charge in [-0.3, -0.25) is 0 Å². The average molecular weight is 271 g/mol. The molecule has 2 aliphatic rings. The van der Waals surface area contributed by atoms with Crippen LogP contribution >= 0.6 is 0 Å². The highest BCUT2D eigenvalue weighted by Gasteiger charge is 2.35. The minimum absolute atomic E-state index is 0.578. The Hall–Kier alpha value is -1.62. The first-order valence-corrected chi connectivity index (χ1v) is 7.47. The summed E-state index contributed by atoms with van der Waals surface area (Å²) >= 11 is 0. The van der Waals surface area contributed by atoms with Gasteiger partial charge in [-0.05, 0) is 31.7 Å². The molecule has 0 spiro atoms. The summed E-state index contributed by atoms with van der Waals surface area (Å²) in [6.45, 7) is 0. The molecular formula is C15H21N5. The fourth-order valence-electron chi connectivity index (χ4n) is 3.82. The van der Waals surface area contributed by atoms with Crippen molar-refractivity contribution in [3.05, 3.63) is 18.6 Å². The van der Waals surface area contributed by atoms with Crippen LogP contribution in [0.3, 0.4) is 0 Å². The lowest BCUT2D eigenvalue weighted by atomic mass is 9.98. The molecule has 5 nitrogen and oxygen atoms in total. The Balaban J connectivity index is 1.68. The van der Waals surface area contributed by atoms with E-state index in [1.807, 2.05) is 25.6 Å². The van der Waals surface area contributed by atoms with Crippen LogP contribution in [0.15, 0.2) is 18.6 Å². The van der Waals surface area contributed by atoms with Crippen LogP contribution < -0.4 is 10.2 Å². The number of nitrogens with one attached hydrogen (secondary N) is 1. The van der Waals surface area contributed by atoms with Gasteiger partial charge in [-0.25, -0.2) is 9.97 Å². The molecule has 2 bridgehead atoms. The number of fused-ring (bicyclic) bond motifs is 3. The largest absolute Gasteiger partial charge is 0.355 e. The Morgan fingerprint density at radius 2 is 2.00 bits per heavy atom. The fraction of sp³-hybridized carbons (Fsp3) is 0.600. The number of hydrogen-bond donors (Lipinski definition) is 1. The molecule has 0 radical (unpaired) electrons. The fourth-order valence-corrected chi connectivity index (χ4v) is 3.82. The molecule has 2 atom stereocenters. The van der Waals surface area contributed by atoms with E-state index in [0.29, 0.717) is 18.1 Å². The summed E-state index contributed by atoms with van der Waals surface area (Å²) in [5.74, 6) is 1.02. The highest BCUT2D eigenvalue weighted by molar-refractivity contribution is 5.86. The van der Waals surface area contributed by atoms with Crippen molar-refractivity contribution in [3.8, 4) is 0 Å². The highest BCUT2D eigenvalue weighted by atomic mass is 15.2. The minimum atomic E-state index is 0.578. The van der Waals surface area contributed by atoms with Crippen molar-refractivity contribution in [2.75, 3.05) is 11.9 Å². The van der Waals surface area contributed by atoms with Crippen molar-refractivity contribution in [3.63, 3.8) is 0 Å². The molecule has 4 rings (SSSR count). The number of aromatic nitrogens is 3. The topological polar surface area (TPSA) is 46.0 Å². The predicted octanol–water partition coefficient (Wildman–Crippen LogP) is 1.69. The predicted molar refractivity (Wildman–Crippen MR) is 79.9 cm³/mol. The number of rotatable bonds is 2. The zero-order valence-electron chi connectivity index (χ0n) is 12.1. The van der Waals surface area contributed by atoms with Gasteiger partial charge in [0.2, 0.25) is 0 Å². The van der Waals surface area contributed by atoms with Crippen molar-refractivity contribution < 1.29 is 0 Å². The van der Waals surface area contributed by atoms with Crippen LogP contribution in [0.1, 0.15) is 25.7 Å². The molecule has 0 aliphatic carbocycles. The lowest BCUT2D eigenvalue weighted by molar-refractivity contribution is 0.354. The number of piperidine rings is 1. The van der Waals surface area contributed by atoms with Crippen LogP contribution in [0, 0.1) is 0 Å². The van der Waals surface area contributed by atoms with E-state index in [2.05, 4.69) is 31.8 Å². The molecule has 5 heteroatoms. The van der Waals surface area contributed by atoms with Crippen LogP contribution in [0.25, 0.3) is 11.0 Å². The van der Waals surface area contributed by atoms with E-state index in [9.17, 15) is 0 Å². The standard InChI is InChI=1S/C15H21N5/c1-19-9-17-14-13(19)5-6-16-15(14)20(2)12-7-10-3-4-11(8-12)18-10/h5-6,9-12,18H,3-4,7-8H2,1-2H3. The zero-order chi connectivity index (χ0) is 13.7. The first-order chi connectivity index (χ1) is 9.72. The Labute approximate surface area is 119 Å². The van der Waals surface area contributed by atoms with Gasteiger partial charge in [0.1, 0.15) is 5.52 Å². The Bertz CT molecular complexity index is 622. The second-order valence-corrected chi connectivity index (χ2v) is 6.23. The average Bonchev–Trinajstić information content (AvgIpc) is 3.01. The van der Waals surface area contributed by atoms with E-state index in [1.165, 1.54) is 25.7 Å². The van der Waals surface area contributed by atoms with Crippen LogP contribution in [0.5, 0.6) is 0 Å². The van der Waals surface area contributed by atoms with Gasteiger partial charge in [-0.1, -0.05) is 0 Å². The van der Waals surface area contributed by atoms with Gasteiger partial charge >= 0.3 is 0 Å². The normalized spacial score (nSPS) is 29.0. The summed E-state index contributed by atoms with van der Waals surface area (Å²) in [5.41, 5.74) is 2.17. The van der Waals surface area contributed by atoms with Crippen molar-refractivity contribution in [2.45, 2.75) is 43.8 Å². The molecule has 2 saturated heterocycles. The lowest BCUT2D eigenvalue weighted by Crippen LogP contribution is -2.47. The molecule has 106 valence electrons. The van der Waals surface area contributed by atoms with Gasteiger partial charge in [-0.15, -0.1) is 0 Å². The Morgan fingerprint density at radius 1 is 1.25 bits per heavy atom. The van der Waals surface area contributed by atoms with E-state index >= 15 is 0 Å². The lowest BCUT2D eigenvalue weighted by Gasteiger charge is -2.36. The van der Waals surface area contributed by atoms with Crippen LogP contribution in [-0.2, 0) is 7.05 Å². The van der Waals surface area contributed by atoms with Crippen molar-refractivity contribution in [1.29, 1.82) is 0 Å². The molecule has 20 heavy (non-hydrogen) atoms. The van der Waals surface area contributed by atoms with Crippen LogP contribution in [-0.4, -0.2) is 39.7 Å². The van der Waals surface area contributed by atoms with Crippen LogP contribution in [0.4, 0.5) is 5.82 Å². The Morgan fingerprint density at radius 3 is 2.75 bits per heavy atom. The SMILES string of the molecule is CN(c1nccc2c1ncn2C)C1CC2CCC(C1)N2. The molecule has 0 amide bonds. The summed E-state index contributed by atoms with van der Waals surface area (Å²) in [7, 11) is 4.20. The molecule has 1 N–H and O–H groups in total.